The van der Waals surface area contributed by atoms with Crippen LogP contribution in [0.4, 0.5) is 0 Å². The van der Waals surface area contributed by atoms with Crippen LogP contribution in [0.2, 0.25) is 0 Å². The fourth-order valence-electron chi connectivity index (χ4n) is 2.99. The lowest BCUT2D eigenvalue weighted by atomic mass is 9.91. The van der Waals surface area contributed by atoms with E-state index in [1.165, 1.54) is 6.42 Å². The highest BCUT2D eigenvalue weighted by Gasteiger charge is 2.61. The highest BCUT2D eigenvalue weighted by Crippen LogP contribution is 2.61. The van der Waals surface area contributed by atoms with Gasteiger partial charge in [-0.3, -0.25) is 0 Å². The Labute approximate surface area is 122 Å². The van der Waals surface area contributed by atoms with Gasteiger partial charge in [0.1, 0.15) is 10.1 Å². The molecule has 4 heteroatoms. The Morgan fingerprint density at radius 2 is 1.95 bits per heavy atom. The van der Waals surface area contributed by atoms with Gasteiger partial charge in [-0.1, -0.05) is 30.3 Å². The van der Waals surface area contributed by atoms with Crippen molar-refractivity contribution in [2.24, 2.45) is 0 Å². The number of hydrogen-bond acceptors (Lipinski definition) is 4. The molecule has 2 nitrogen and oxygen atoms in total. The number of ether oxygens (including phenoxy) is 1. The van der Waals surface area contributed by atoms with Crippen LogP contribution in [0.1, 0.15) is 25.3 Å². The molecule has 2 fully saturated rings. The monoisotopic (exact) mass is 291 g/mol. The molecule has 2 heterocycles. The second-order valence-electron chi connectivity index (χ2n) is 5.09. The number of nitrogens with zero attached hydrogens (tertiary/aromatic N) is 1. The van der Waals surface area contributed by atoms with Gasteiger partial charge in [-0.2, -0.15) is 5.26 Å². The zero-order valence-electron chi connectivity index (χ0n) is 11.0. The Kier molecular flexibility index (Phi) is 3.55. The van der Waals surface area contributed by atoms with Crippen molar-refractivity contribution in [3.63, 3.8) is 0 Å². The van der Waals surface area contributed by atoms with Gasteiger partial charge in [0.2, 0.25) is 5.60 Å². The highest BCUT2D eigenvalue weighted by atomic mass is 32.2. The van der Waals surface area contributed by atoms with Gasteiger partial charge in [0.25, 0.3) is 0 Å². The van der Waals surface area contributed by atoms with Crippen LogP contribution >= 0.6 is 23.5 Å². The highest BCUT2D eigenvalue weighted by molar-refractivity contribution is 8.18. The summed E-state index contributed by atoms with van der Waals surface area (Å²) < 4.78 is 6.04. The van der Waals surface area contributed by atoms with E-state index in [1.807, 2.05) is 53.9 Å². The maximum atomic E-state index is 9.90. The van der Waals surface area contributed by atoms with E-state index in [2.05, 4.69) is 13.0 Å². The van der Waals surface area contributed by atoms with E-state index < -0.39 is 5.60 Å². The van der Waals surface area contributed by atoms with Crippen molar-refractivity contribution in [1.82, 2.24) is 0 Å². The van der Waals surface area contributed by atoms with Crippen LogP contribution in [-0.2, 0) is 10.3 Å². The molecule has 0 N–H and O–H groups in total. The Morgan fingerprint density at radius 3 is 2.58 bits per heavy atom. The van der Waals surface area contributed by atoms with Gasteiger partial charge in [-0.15, -0.1) is 23.5 Å². The first-order valence-corrected chi connectivity index (χ1v) is 8.62. The summed E-state index contributed by atoms with van der Waals surface area (Å²) in [5.41, 5.74) is 0.201. The maximum Gasteiger partial charge on any atom is 0.203 e. The van der Waals surface area contributed by atoms with E-state index in [1.54, 1.807) is 0 Å². The van der Waals surface area contributed by atoms with Crippen molar-refractivity contribution >= 4 is 23.5 Å². The van der Waals surface area contributed by atoms with E-state index in [9.17, 15) is 5.26 Å². The molecule has 0 aromatic heterocycles. The Bertz CT molecular complexity index is 493. The summed E-state index contributed by atoms with van der Waals surface area (Å²) in [5, 5.41) is 9.90. The summed E-state index contributed by atoms with van der Waals surface area (Å²) in [4.78, 5) is 0. The Hall–Kier alpha value is -0.630. The van der Waals surface area contributed by atoms with Crippen LogP contribution in [0.25, 0.3) is 0 Å². The van der Waals surface area contributed by atoms with Crippen LogP contribution in [-0.4, -0.2) is 21.7 Å². The van der Waals surface area contributed by atoms with Crippen molar-refractivity contribution in [3.8, 4) is 6.07 Å². The average Bonchev–Trinajstić information content (AvgIpc) is 2.73. The topological polar surface area (TPSA) is 33.0 Å². The van der Waals surface area contributed by atoms with E-state index in [-0.39, 0.29) is 10.2 Å². The molecule has 2 saturated heterocycles. The van der Waals surface area contributed by atoms with E-state index in [0.717, 1.165) is 23.5 Å². The van der Waals surface area contributed by atoms with Gasteiger partial charge < -0.3 is 4.74 Å². The summed E-state index contributed by atoms with van der Waals surface area (Å²) >= 11 is 3.84. The predicted octanol–water partition coefficient (Wildman–Crippen LogP) is 3.78. The normalized spacial score (nSPS) is 33.2. The number of rotatable bonds is 1. The summed E-state index contributed by atoms with van der Waals surface area (Å²) in [6, 6.07) is 12.5. The zero-order chi connectivity index (χ0) is 13.3. The van der Waals surface area contributed by atoms with Gasteiger partial charge in [-0.05, 0) is 24.9 Å². The van der Waals surface area contributed by atoms with E-state index in [0.29, 0.717) is 0 Å². The first kappa shape index (κ1) is 13.4. The van der Waals surface area contributed by atoms with Crippen LogP contribution < -0.4 is 0 Å². The lowest BCUT2D eigenvalue weighted by Crippen LogP contribution is -2.44. The van der Waals surface area contributed by atoms with Crippen molar-refractivity contribution in [3.05, 3.63) is 35.9 Å². The van der Waals surface area contributed by atoms with Gasteiger partial charge >= 0.3 is 0 Å². The molecule has 19 heavy (non-hydrogen) atoms. The average molecular weight is 291 g/mol. The fraction of sp³-hybridized carbons (Fsp3) is 0.533. The summed E-state index contributed by atoms with van der Waals surface area (Å²) in [7, 11) is 0. The fourth-order valence-corrected chi connectivity index (χ4v) is 6.78. The molecule has 2 atom stereocenters. The second-order valence-corrected chi connectivity index (χ2v) is 8.14. The summed E-state index contributed by atoms with van der Waals surface area (Å²) in [5.74, 6) is 2.25. The molecule has 0 bridgehead atoms. The minimum Gasteiger partial charge on any atom is -0.351 e. The smallest absolute Gasteiger partial charge is 0.203 e. The molecule has 0 radical (unpaired) electrons. The molecular formula is C15H17NOS2. The van der Waals surface area contributed by atoms with Gasteiger partial charge in [-0.25, -0.2) is 0 Å². The first-order chi connectivity index (χ1) is 9.22. The lowest BCUT2D eigenvalue weighted by Gasteiger charge is -2.41. The van der Waals surface area contributed by atoms with Crippen LogP contribution in [0.3, 0.4) is 0 Å². The minimum absolute atomic E-state index is 0.137. The van der Waals surface area contributed by atoms with E-state index in [4.69, 9.17) is 4.74 Å². The molecule has 0 amide bonds. The van der Waals surface area contributed by atoms with Crippen molar-refractivity contribution < 1.29 is 4.74 Å². The first-order valence-electron chi connectivity index (χ1n) is 6.65. The van der Waals surface area contributed by atoms with Crippen molar-refractivity contribution in [1.29, 1.82) is 5.26 Å². The van der Waals surface area contributed by atoms with Crippen LogP contribution in [0.5, 0.6) is 0 Å². The molecule has 0 aliphatic carbocycles. The molecule has 0 unspecified atom stereocenters. The SMILES string of the molecule is C[C@@H]1CC2(SCCCS2)[C@@](C#N)(c2ccccc2)O1. The lowest BCUT2D eigenvalue weighted by molar-refractivity contribution is 0.00203. The quantitative estimate of drug-likeness (QED) is 0.788. The van der Waals surface area contributed by atoms with Crippen molar-refractivity contribution in [2.45, 2.75) is 35.5 Å². The molecule has 1 aromatic carbocycles. The van der Waals surface area contributed by atoms with Crippen LogP contribution in [0.15, 0.2) is 30.3 Å². The minimum atomic E-state index is -0.802. The summed E-state index contributed by atoms with van der Waals surface area (Å²) in [6.07, 6.45) is 2.31. The van der Waals surface area contributed by atoms with Gasteiger partial charge in [0.15, 0.2) is 0 Å². The summed E-state index contributed by atoms with van der Waals surface area (Å²) in [6.45, 7) is 2.08. The molecule has 2 aliphatic rings. The molecule has 100 valence electrons. The third kappa shape index (κ3) is 1.99. The van der Waals surface area contributed by atoms with Crippen LogP contribution in [0, 0.1) is 11.3 Å². The zero-order valence-corrected chi connectivity index (χ0v) is 12.6. The van der Waals surface area contributed by atoms with E-state index >= 15 is 0 Å². The maximum absolute atomic E-state index is 9.90. The number of benzene rings is 1. The van der Waals surface area contributed by atoms with Crippen molar-refractivity contribution in [2.75, 3.05) is 11.5 Å². The molecule has 3 rings (SSSR count). The predicted molar refractivity (Wildman–Crippen MR) is 81.2 cm³/mol. The third-order valence-electron chi connectivity index (χ3n) is 3.77. The Balaban J connectivity index is 2.10. The standard InChI is InChI=1S/C15H17NOS2/c1-12-10-15(18-8-5-9-19-15)14(11-16,17-12)13-6-3-2-4-7-13/h2-4,6-7,12H,5,8-10H2,1H3/t12-,14-/m1/s1. The molecule has 1 spiro atoms. The molecule has 1 aromatic rings. The molecular weight excluding hydrogens is 274 g/mol. The molecule has 0 saturated carbocycles. The van der Waals surface area contributed by atoms with Gasteiger partial charge in [0.05, 0.1) is 6.10 Å². The third-order valence-corrected chi connectivity index (χ3v) is 7.30. The second kappa shape index (κ2) is 5.05. The number of nitriles is 1. The number of thioether (sulfide) groups is 2. The van der Waals surface area contributed by atoms with Gasteiger partial charge in [0, 0.05) is 12.0 Å². The number of hydrogen-bond donors (Lipinski definition) is 0. The Morgan fingerprint density at radius 1 is 1.26 bits per heavy atom. The largest absolute Gasteiger partial charge is 0.351 e. The molecule has 2 aliphatic heterocycles.